The molecule has 0 unspecified atom stereocenters. The molecule has 0 spiro atoms. The first-order valence-corrected chi connectivity index (χ1v) is 8.36. The Morgan fingerprint density at radius 2 is 2.04 bits per heavy atom. The van der Waals surface area contributed by atoms with E-state index in [9.17, 15) is 4.79 Å². The van der Waals surface area contributed by atoms with Crippen LogP contribution in [0.5, 0.6) is 0 Å². The maximum absolute atomic E-state index is 12.5. The highest BCUT2D eigenvalue weighted by molar-refractivity contribution is 5.76. The number of likely N-dealkylation sites (tertiary alicyclic amines) is 1. The van der Waals surface area contributed by atoms with E-state index in [1.807, 2.05) is 27.9 Å². The average molecular weight is 311 g/mol. The molecule has 2 heterocycles. The predicted octanol–water partition coefficient (Wildman–Crippen LogP) is 3.32. The molecule has 4 nitrogen and oxygen atoms in total. The minimum Gasteiger partial charge on any atom is -0.342 e. The molecule has 1 atom stereocenters. The Morgan fingerprint density at radius 1 is 1.26 bits per heavy atom. The summed E-state index contributed by atoms with van der Waals surface area (Å²) in [5, 5.41) is 4.18. The molecular formula is C19H25N3O. The van der Waals surface area contributed by atoms with Crippen molar-refractivity contribution in [1.29, 1.82) is 0 Å². The first-order valence-electron chi connectivity index (χ1n) is 8.36. The SMILES string of the molecule is CC1(C)CN(C(=O)CCCn2cccn2)C[C@@H]1c1ccccc1. The fourth-order valence-corrected chi connectivity index (χ4v) is 3.55. The number of nitrogens with zero attached hydrogens (tertiary/aromatic N) is 3. The lowest BCUT2D eigenvalue weighted by Crippen LogP contribution is -2.30. The van der Waals surface area contributed by atoms with E-state index in [1.54, 1.807) is 6.20 Å². The molecule has 1 amide bonds. The highest BCUT2D eigenvalue weighted by Crippen LogP contribution is 2.42. The number of rotatable bonds is 5. The number of hydrogen-bond donors (Lipinski definition) is 0. The van der Waals surface area contributed by atoms with Crippen LogP contribution in [0.1, 0.15) is 38.2 Å². The molecule has 0 bridgehead atoms. The number of aromatic nitrogens is 2. The molecule has 1 fully saturated rings. The van der Waals surface area contributed by atoms with E-state index in [0.29, 0.717) is 12.3 Å². The van der Waals surface area contributed by atoms with Crippen LogP contribution < -0.4 is 0 Å². The Labute approximate surface area is 138 Å². The van der Waals surface area contributed by atoms with Gasteiger partial charge in [0.25, 0.3) is 0 Å². The molecular weight excluding hydrogens is 286 g/mol. The molecule has 0 saturated carbocycles. The first kappa shape index (κ1) is 15.8. The molecule has 1 aliphatic heterocycles. The van der Waals surface area contributed by atoms with Gasteiger partial charge in [-0.3, -0.25) is 9.48 Å². The van der Waals surface area contributed by atoms with Crippen LogP contribution in [0.3, 0.4) is 0 Å². The second-order valence-corrected chi connectivity index (χ2v) is 7.10. The van der Waals surface area contributed by atoms with Crippen LogP contribution in [-0.2, 0) is 11.3 Å². The van der Waals surface area contributed by atoms with Gasteiger partial charge in [-0.05, 0) is 23.5 Å². The Kier molecular flexibility index (Phi) is 4.51. The van der Waals surface area contributed by atoms with Crippen LogP contribution in [0.25, 0.3) is 0 Å². The molecule has 0 aliphatic carbocycles. The Balaban J connectivity index is 1.57. The molecule has 1 aromatic heterocycles. The van der Waals surface area contributed by atoms with Crippen molar-refractivity contribution in [2.24, 2.45) is 5.41 Å². The average Bonchev–Trinajstić information content (AvgIpc) is 3.15. The zero-order valence-corrected chi connectivity index (χ0v) is 14.0. The van der Waals surface area contributed by atoms with Crippen molar-refractivity contribution < 1.29 is 4.79 Å². The van der Waals surface area contributed by atoms with Gasteiger partial charge in [-0.1, -0.05) is 44.2 Å². The topological polar surface area (TPSA) is 38.1 Å². The number of amides is 1. The lowest BCUT2D eigenvalue weighted by molar-refractivity contribution is -0.130. The summed E-state index contributed by atoms with van der Waals surface area (Å²) in [7, 11) is 0. The van der Waals surface area contributed by atoms with Gasteiger partial charge in [0.1, 0.15) is 0 Å². The lowest BCUT2D eigenvalue weighted by Gasteiger charge is -2.25. The minimum absolute atomic E-state index is 0.124. The molecule has 2 aromatic rings. The molecule has 0 N–H and O–H groups in total. The van der Waals surface area contributed by atoms with Crippen LogP contribution in [0.15, 0.2) is 48.8 Å². The maximum atomic E-state index is 12.5. The Bertz CT molecular complexity index is 634. The Morgan fingerprint density at radius 3 is 2.74 bits per heavy atom. The van der Waals surface area contributed by atoms with Gasteiger partial charge in [-0.25, -0.2) is 0 Å². The molecule has 23 heavy (non-hydrogen) atoms. The normalized spacial score (nSPS) is 19.9. The van der Waals surface area contributed by atoms with Crippen LogP contribution in [0, 0.1) is 5.41 Å². The zero-order valence-electron chi connectivity index (χ0n) is 14.0. The predicted molar refractivity (Wildman–Crippen MR) is 91.0 cm³/mol. The monoisotopic (exact) mass is 311 g/mol. The van der Waals surface area contributed by atoms with Crippen LogP contribution >= 0.6 is 0 Å². The maximum Gasteiger partial charge on any atom is 0.222 e. The summed E-state index contributed by atoms with van der Waals surface area (Å²) in [6, 6.07) is 12.5. The molecule has 0 radical (unpaired) electrons. The van der Waals surface area contributed by atoms with Gasteiger partial charge in [0.15, 0.2) is 0 Å². The third-order valence-electron chi connectivity index (χ3n) is 4.84. The van der Waals surface area contributed by atoms with E-state index < -0.39 is 0 Å². The minimum atomic E-state index is 0.124. The van der Waals surface area contributed by atoms with E-state index in [0.717, 1.165) is 26.1 Å². The van der Waals surface area contributed by atoms with Gasteiger partial charge in [-0.2, -0.15) is 5.10 Å². The van der Waals surface area contributed by atoms with E-state index in [1.165, 1.54) is 5.56 Å². The number of carbonyl (C=O) groups excluding carboxylic acids is 1. The highest BCUT2D eigenvalue weighted by Gasteiger charge is 2.41. The van der Waals surface area contributed by atoms with E-state index in [4.69, 9.17) is 0 Å². The largest absolute Gasteiger partial charge is 0.342 e. The van der Waals surface area contributed by atoms with Crippen molar-refractivity contribution in [3.63, 3.8) is 0 Å². The summed E-state index contributed by atoms with van der Waals surface area (Å²) >= 11 is 0. The van der Waals surface area contributed by atoms with Crippen molar-refractivity contribution in [2.75, 3.05) is 13.1 Å². The number of hydrogen-bond acceptors (Lipinski definition) is 2. The van der Waals surface area contributed by atoms with Gasteiger partial charge in [0, 0.05) is 44.4 Å². The van der Waals surface area contributed by atoms with Gasteiger partial charge in [0.05, 0.1) is 0 Å². The fourth-order valence-electron chi connectivity index (χ4n) is 3.55. The second kappa shape index (κ2) is 6.57. The van der Waals surface area contributed by atoms with Crippen molar-refractivity contribution in [3.05, 3.63) is 54.4 Å². The summed E-state index contributed by atoms with van der Waals surface area (Å²) in [5.74, 6) is 0.683. The van der Waals surface area contributed by atoms with E-state index in [-0.39, 0.29) is 11.3 Å². The summed E-state index contributed by atoms with van der Waals surface area (Å²) in [5.41, 5.74) is 1.46. The van der Waals surface area contributed by atoms with Crippen LogP contribution in [0.4, 0.5) is 0 Å². The molecule has 122 valence electrons. The smallest absolute Gasteiger partial charge is 0.222 e. The van der Waals surface area contributed by atoms with Gasteiger partial charge in [-0.15, -0.1) is 0 Å². The third kappa shape index (κ3) is 3.63. The van der Waals surface area contributed by atoms with Gasteiger partial charge < -0.3 is 4.90 Å². The highest BCUT2D eigenvalue weighted by atomic mass is 16.2. The number of benzene rings is 1. The van der Waals surface area contributed by atoms with Crippen molar-refractivity contribution in [2.45, 2.75) is 39.2 Å². The molecule has 4 heteroatoms. The summed E-state index contributed by atoms with van der Waals surface area (Å²) in [6.07, 6.45) is 5.15. The zero-order chi connectivity index (χ0) is 16.3. The van der Waals surface area contributed by atoms with Crippen LogP contribution in [0.2, 0.25) is 0 Å². The van der Waals surface area contributed by atoms with E-state index >= 15 is 0 Å². The lowest BCUT2D eigenvalue weighted by atomic mass is 9.78. The fraction of sp³-hybridized carbons (Fsp3) is 0.474. The standard InChI is InChI=1S/C19H25N3O/c1-19(2)15-21(14-17(19)16-8-4-3-5-9-16)18(23)10-6-12-22-13-7-11-20-22/h3-5,7-9,11,13,17H,6,10,12,14-15H2,1-2H3/t17-/m1/s1. The van der Waals surface area contributed by atoms with Crippen molar-refractivity contribution in [1.82, 2.24) is 14.7 Å². The third-order valence-corrected chi connectivity index (χ3v) is 4.84. The number of carbonyl (C=O) groups is 1. The van der Waals surface area contributed by atoms with Crippen molar-refractivity contribution >= 4 is 5.91 Å². The van der Waals surface area contributed by atoms with Crippen LogP contribution in [-0.4, -0.2) is 33.7 Å². The quantitative estimate of drug-likeness (QED) is 0.849. The summed E-state index contributed by atoms with van der Waals surface area (Å²) < 4.78 is 1.88. The van der Waals surface area contributed by atoms with Gasteiger partial charge >= 0.3 is 0 Å². The van der Waals surface area contributed by atoms with Crippen molar-refractivity contribution in [3.8, 4) is 0 Å². The molecule has 1 aliphatic rings. The molecule has 3 rings (SSSR count). The first-order chi connectivity index (χ1) is 11.1. The summed E-state index contributed by atoms with van der Waals surface area (Å²) in [6.45, 7) is 7.01. The molecule has 1 saturated heterocycles. The van der Waals surface area contributed by atoms with E-state index in [2.05, 4.69) is 43.2 Å². The Hall–Kier alpha value is -2.10. The number of aryl methyl sites for hydroxylation is 1. The molecule has 1 aromatic carbocycles. The van der Waals surface area contributed by atoms with Gasteiger partial charge in [0.2, 0.25) is 5.91 Å². The second-order valence-electron chi connectivity index (χ2n) is 7.10. The summed E-state index contributed by atoms with van der Waals surface area (Å²) in [4.78, 5) is 14.6.